The second-order valence-electron chi connectivity index (χ2n) is 4.92. The molecule has 6 nitrogen and oxygen atoms in total. The molecule has 0 aliphatic carbocycles. The highest BCUT2D eigenvalue weighted by Crippen LogP contribution is 2.16. The van der Waals surface area contributed by atoms with Crippen LogP contribution in [0, 0.1) is 0 Å². The molecule has 0 saturated carbocycles. The van der Waals surface area contributed by atoms with Crippen molar-refractivity contribution in [2.45, 2.75) is 38.3 Å². The van der Waals surface area contributed by atoms with E-state index in [-0.39, 0.29) is 18.6 Å². The van der Waals surface area contributed by atoms with Crippen molar-refractivity contribution in [1.29, 1.82) is 0 Å². The van der Waals surface area contributed by atoms with E-state index in [1.165, 1.54) is 0 Å². The van der Waals surface area contributed by atoms with Crippen LogP contribution in [0.25, 0.3) is 0 Å². The zero-order valence-electron chi connectivity index (χ0n) is 10.3. The maximum absolute atomic E-state index is 11.9. The van der Waals surface area contributed by atoms with Gasteiger partial charge in [-0.05, 0) is 26.7 Å². The Morgan fingerprint density at radius 3 is 2.35 bits per heavy atom. The zero-order chi connectivity index (χ0) is 13.1. The van der Waals surface area contributed by atoms with Crippen molar-refractivity contribution in [2.75, 3.05) is 19.7 Å². The average Bonchev–Trinajstić information content (AvgIpc) is 2.25. The maximum atomic E-state index is 11.9. The highest BCUT2D eigenvalue weighted by Gasteiger charge is 2.31. The smallest absolute Gasteiger partial charge is 0.329 e. The van der Waals surface area contributed by atoms with Gasteiger partial charge in [0.2, 0.25) is 5.91 Å². The predicted octanol–water partition coefficient (Wildman–Crippen LogP) is -0.184. The number of amides is 1. The first-order valence-electron chi connectivity index (χ1n) is 5.72. The lowest BCUT2D eigenvalue weighted by molar-refractivity contribution is -0.147. The Hall–Kier alpha value is -1.14. The summed E-state index contributed by atoms with van der Waals surface area (Å²) in [5.74, 6) is -1.04. The fraction of sp³-hybridized carbons (Fsp3) is 0.818. The van der Waals surface area contributed by atoms with Crippen LogP contribution in [-0.2, 0) is 14.3 Å². The molecular formula is C11H20N2O4. The summed E-state index contributed by atoms with van der Waals surface area (Å²) in [6.45, 7) is 4.24. The summed E-state index contributed by atoms with van der Waals surface area (Å²) in [7, 11) is 0. The third kappa shape index (κ3) is 4.32. The molecule has 0 spiro atoms. The first-order valence-corrected chi connectivity index (χ1v) is 5.72. The van der Waals surface area contributed by atoms with Gasteiger partial charge in [-0.15, -0.1) is 0 Å². The summed E-state index contributed by atoms with van der Waals surface area (Å²) in [6, 6.07) is 0. The molecule has 0 aromatic carbocycles. The summed E-state index contributed by atoms with van der Waals surface area (Å²) in [6.07, 6.45) is 1.25. The fourth-order valence-electron chi connectivity index (χ4n) is 1.82. The van der Waals surface area contributed by atoms with Crippen LogP contribution in [0.3, 0.4) is 0 Å². The van der Waals surface area contributed by atoms with E-state index in [1.54, 1.807) is 18.7 Å². The number of ether oxygens (including phenoxy) is 1. The summed E-state index contributed by atoms with van der Waals surface area (Å²) < 4.78 is 5.19. The molecule has 0 aromatic heterocycles. The molecule has 0 unspecified atom stereocenters. The van der Waals surface area contributed by atoms with E-state index < -0.39 is 11.5 Å². The third-order valence-electron chi connectivity index (χ3n) is 2.72. The Bertz CT molecular complexity index is 290. The van der Waals surface area contributed by atoms with Gasteiger partial charge in [0, 0.05) is 13.1 Å². The lowest BCUT2D eigenvalue weighted by Crippen LogP contribution is -2.53. The van der Waals surface area contributed by atoms with Gasteiger partial charge in [0.25, 0.3) is 0 Å². The number of aliphatic carboxylic acids is 1. The van der Waals surface area contributed by atoms with E-state index in [0.29, 0.717) is 25.9 Å². The second kappa shape index (κ2) is 5.46. The number of rotatable bonds is 4. The molecule has 1 saturated heterocycles. The first kappa shape index (κ1) is 13.9. The number of piperidine rings is 1. The number of carboxylic acids is 1. The third-order valence-corrected chi connectivity index (χ3v) is 2.72. The van der Waals surface area contributed by atoms with E-state index >= 15 is 0 Å². The normalized spacial score (nSPS) is 18.2. The number of carbonyl (C=O) groups excluding carboxylic acids is 1. The molecule has 1 heterocycles. The molecule has 0 aromatic rings. The van der Waals surface area contributed by atoms with Gasteiger partial charge in [-0.1, -0.05) is 0 Å². The monoisotopic (exact) mass is 244 g/mol. The quantitative estimate of drug-likeness (QED) is 0.715. The van der Waals surface area contributed by atoms with E-state index in [1.807, 2.05) is 0 Å². The lowest BCUT2D eigenvalue weighted by Gasteiger charge is -2.35. The Kier molecular flexibility index (Phi) is 4.47. The number of likely N-dealkylation sites (tertiary alicyclic amines) is 1. The molecule has 98 valence electrons. The van der Waals surface area contributed by atoms with Crippen LogP contribution in [0.2, 0.25) is 0 Å². The van der Waals surface area contributed by atoms with E-state index in [4.69, 9.17) is 15.6 Å². The van der Waals surface area contributed by atoms with Gasteiger partial charge in [-0.25, -0.2) is 4.79 Å². The average molecular weight is 244 g/mol. The largest absolute Gasteiger partial charge is 0.480 e. The molecule has 6 heteroatoms. The topological polar surface area (TPSA) is 92.9 Å². The van der Waals surface area contributed by atoms with Crippen LogP contribution >= 0.6 is 0 Å². The molecule has 0 radical (unpaired) electrons. The van der Waals surface area contributed by atoms with Crippen LogP contribution in [0.1, 0.15) is 26.7 Å². The Morgan fingerprint density at radius 2 is 1.94 bits per heavy atom. The minimum Gasteiger partial charge on any atom is -0.480 e. The maximum Gasteiger partial charge on any atom is 0.329 e. The van der Waals surface area contributed by atoms with Gasteiger partial charge >= 0.3 is 5.97 Å². The van der Waals surface area contributed by atoms with Crippen molar-refractivity contribution in [3.05, 3.63) is 0 Å². The van der Waals surface area contributed by atoms with Gasteiger partial charge in [0.1, 0.15) is 6.61 Å². The number of carbonyl (C=O) groups is 2. The molecule has 3 N–H and O–H groups in total. The summed E-state index contributed by atoms with van der Waals surface area (Å²) in [5.41, 5.74) is 4.89. The van der Waals surface area contributed by atoms with Crippen LogP contribution in [-0.4, -0.2) is 53.2 Å². The summed E-state index contributed by atoms with van der Waals surface area (Å²) in [5, 5.41) is 8.48. The Labute approximate surface area is 101 Å². The Morgan fingerprint density at radius 1 is 1.41 bits per heavy atom. The summed E-state index contributed by atoms with van der Waals surface area (Å²) >= 11 is 0. The number of hydrogen-bond acceptors (Lipinski definition) is 4. The molecule has 17 heavy (non-hydrogen) atoms. The number of nitrogens with two attached hydrogens (primary N) is 1. The van der Waals surface area contributed by atoms with Crippen molar-refractivity contribution in [3.63, 3.8) is 0 Å². The van der Waals surface area contributed by atoms with Gasteiger partial charge in [-0.3, -0.25) is 4.79 Å². The van der Waals surface area contributed by atoms with Gasteiger partial charge < -0.3 is 20.5 Å². The minimum absolute atomic E-state index is 0.0731. The number of hydrogen-bond donors (Lipinski definition) is 2. The van der Waals surface area contributed by atoms with E-state index in [0.717, 1.165) is 0 Å². The molecule has 0 atom stereocenters. The number of nitrogens with zero attached hydrogens (tertiary/aromatic N) is 1. The van der Waals surface area contributed by atoms with E-state index in [2.05, 4.69) is 0 Å². The van der Waals surface area contributed by atoms with Crippen LogP contribution in [0.5, 0.6) is 0 Å². The fourth-order valence-corrected chi connectivity index (χ4v) is 1.82. The zero-order valence-corrected chi connectivity index (χ0v) is 10.3. The van der Waals surface area contributed by atoms with E-state index in [9.17, 15) is 9.59 Å². The van der Waals surface area contributed by atoms with Crippen molar-refractivity contribution in [1.82, 2.24) is 4.90 Å². The molecule has 1 rings (SSSR count). The van der Waals surface area contributed by atoms with Crippen LogP contribution in [0.4, 0.5) is 0 Å². The van der Waals surface area contributed by atoms with Gasteiger partial charge in [0.05, 0.1) is 11.6 Å². The molecule has 1 fully saturated rings. The van der Waals surface area contributed by atoms with Crippen molar-refractivity contribution >= 4 is 11.9 Å². The SMILES string of the molecule is CC(C)(N)C(=O)N1CCC(OCC(=O)O)CC1. The van der Waals surface area contributed by atoms with Crippen molar-refractivity contribution in [2.24, 2.45) is 5.73 Å². The highest BCUT2D eigenvalue weighted by atomic mass is 16.5. The van der Waals surface area contributed by atoms with Crippen molar-refractivity contribution in [3.8, 4) is 0 Å². The Balaban J connectivity index is 2.36. The second-order valence-corrected chi connectivity index (χ2v) is 4.92. The molecule has 1 amide bonds. The molecule has 1 aliphatic heterocycles. The van der Waals surface area contributed by atoms with Gasteiger partial charge in [0.15, 0.2) is 0 Å². The highest BCUT2D eigenvalue weighted by molar-refractivity contribution is 5.85. The summed E-state index contributed by atoms with van der Waals surface area (Å²) in [4.78, 5) is 23.9. The molecule has 0 bridgehead atoms. The molecule has 1 aliphatic rings. The van der Waals surface area contributed by atoms with Crippen LogP contribution in [0.15, 0.2) is 0 Å². The van der Waals surface area contributed by atoms with Gasteiger partial charge in [-0.2, -0.15) is 0 Å². The number of carboxylic acid groups (broad SMARTS) is 1. The van der Waals surface area contributed by atoms with Crippen molar-refractivity contribution < 1.29 is 19.4 Å². The standard InChI is InChI=1S/C11H20N2O4/c1-11(2,12)10(16)13-5-3-8(4-6-13)17-7-9(14)15/h8H,3-7,12H2,1-2H3,(H,14,15). The molecular weight excluding hydrogens is 224 g/mol. The minimum atomic E-state index is -0.966. The van der Waals surface area contributed by atoms with Crippen LogP contribution < -0.4 is 5.73 Å². The predicted molar refractivity (Wildman–Crippen MR) is 61.5 cm³/mol. The lowest BCUT2D eigenvalue weighted by atomic mass is 10.0. The first-order chi connectivity index (χ1) is 7.80.